The van der Waals surface area contributed by atoms with Gasteiger partial charge in [-0.2, -0.15) is 0 Å². The number of amides is 2. The van der Waals surface area contributed by atoms with Crippen molar-refractivity contribution in [2.45, 2.75) is 38.6 Å². The molecule has 1 aliphatic rings. The third kappa shape index (κ3) is 3.53. The van der Waals surface area contributed by atoms with Crippen LogP contribution in [0.3, 0.4) is 0 Å². The second-order valence-electron chi connectivity index (χ2n) is 6.49. The molecule has 5 heteroatoms. The average Bonchev–Trinajstić information content (AvgIpc) is 2.86. The first-order valence-electron chi connectivity index (χ1n) is 7.51. The molecule has 0 aromatic carbocycles. The van der Waals surface area contributed by atoms with E-state index in [1.165, 1.54) is 0 Å². The predicted octanol–water partition coefficient (Wildman–Crippen LogP) is 1.77. The third-order valence-electron chi connectivity index (χ3n) is 4.47. The van der Waals surface area contributed by atoms with Crippen molar-refractivity contribution in [3.8, 4) is 0 Å². The zero-order valence-corrected chi connectivity index (χ0v) is 13.0. The smallest absolute Gasteiger partial charge is 0.317 e. The fourth-order valence-electron chi connectivity index (χ4n) is 2.84. The Bertz CT molecular complexity index is 476. The van der Waals surface area contributed by atoms with Crippen LogP contribution >= 0.6 is 0 Å². The molecule has 0 saturated carbocycles. The summed E-state index contributed by atoms with van der Waals surface area (Å²) in [6.07, 6.45) is 4.48. The van der Waals surface area contributed by atoms with Crippen molar-refractivity contribution in [3.63, 3.8) is 0 Å². The van der Waals surface area contributed by atoms with Gasteiger partial charge in [0.05, 0.1) is 12.6 Å². The van der Waals surface area contributed by atoms with Crippen LogP contribution in [-0.4, -0.2) is 46.8 Å². The van der Waals surface area contributed by atoms with Crippen LogP contribution in [0.15, 0.2) is 24.5 Å². The minimum Gasteiger partial charge on any atom is -0.394 e. The van der Waals surface area contributed by atoms with Crippen molar-refractivity contribution in [1.29, 1.82) is 0 Å². The molecule has 0 unspecified atom stereocenters. The van der Waals surface area contributed by atoms with Crippen LogP contribution < -0.4 is 5.32 Å². The molecule has 0 radical (unpaired) electrons. The molecule has 1 aliphatic heterocycles. The van der Waals surface area contributed by atoms with Crippen molar-refractivity contribution in [3.05, 3.63) is 30.1 Å². The van der Waals surface area contributed by atoms with Crippen molar-refractivity contribution in [1.82, 2.24) is 15.2 Å². The van der Waals surface area contributed by atoms with Gasteiger partial charge in [-0.1, -0.05) is 20.8 Å². The van der Waals surface area contributed by atoms with Crippen LogP contribution in [0, 0.1) is 5.92 Å². The molecule has 1 saturated heterocycles. The van der Waals surface area contributed by atoms with Gasteiger partial charge < -0.3 is 15.3 Å². The second kappa shape index (κ2) is 6.43. The van der Waals surface area contributed by atoms with E-state index >= 15 is 0 Å². The van der Waals surface area contributed by atoms with E-state index in [4.69, 9.17) is 0 Å². The van der Waals surface area contributed by atoms with Crippen LogP contribution in [0.2, 0.25) is 0 Å². The number of aromatic nitrogens is 1. The third-order valence-corrected chi connectivity index (χ3v) is 4.47. The maximum Gasteiger partial charge on any atom is 0.317 e. The Morgan fingerprint density at radius 3 is 2.76 bits per heavy atom. The van der Waals surface area contributed by atoms with Crippen LogP contribution in [0.1, 0.15) is 32.8 Å². The molecule has 2 heterocycles. The number of carbonyl (C=O) groups is 1. The minimum atomic E-state index is -0.154. The first-order valence-corrected chi connectivity index (χ1v) is 7.51. The summed E-state index contributed by atoms with van der Waals surface area (Å²) in [4.78, 5) is 18.1. The number of hydrogen-bond acceptors (Lipinski definition) is 3. The molecule has 2 rings (SSSR count). The Hall–Kier alpha value is -1.62. The fourth-order valence-corrected chi connectivity index (χ4v) is 2.84. The first kappa shape index (κ1) is 15.8. The Morgan fingerprint density at radius 2 is 2.14 bits per heavy atom. The maximum atomic E-state index is 12.3. The molecule has 1 fully saturated rings. The van der Waals surface area contributed by atoms with Crippen LogP contribution in [0.4, 0.5) is 4.79 Å². The number of aliphatic hydroxyl groups excluding tert-OH is 1. The second-order valence-corrected chi connectivity index (χ2v) is 6.49. The summed E-state index contributed by atoms with van der Waals surface area (Å²) in [6, 6.07) is 3.80. The molecular weight excluding hydrogens is 266 g/mol. The van der Waals surface area contributed by atoms with E-state index in [1.54, 1.807) is 17.3 Å². The predicted molar refractivity (Wildman–Crippen MR) is 82.0 cm³/mol. The maximum absolute atomic E-state index is 12.3. The number of likely N-dealkylation sites (tertiary alicyclic amines) is 1. The SMILES string of the molecule is C[C@H]1CCN(C(=O)NCC(C)(C)c2ccncc2)[C@@H]1CO. The monoisotopic (exact) mass is 291 g/mol. The lowest BCUT2D eigenvalue weighted by atomic mass is 9.85. The van der Waals surface area contributed by atoms with E-state index in [-0.39, 0.29) is 24.1 Å². The molecular formula is C16H25N3O2. The lowest BCUT2D eigenvalue weighted by Gasteiger charge is -2.29. The highest BCUT2D eigenvalue weighted by atomic mass is 16.3. The summed E-state index contributed by atoms with van der Waals surface area (Å²) < 4.78 is 0. The Morgan fingerprint density at radius 1 is 1.48 bits per heavy atom. The number of pyridine rings is 1. The molecule has 5 nitrogen and oxygen atoms in total. The zero-order chi connectivity index (χ0) is 15.5. The molecule has 0 aliphatic carbocycles. The standard InChI is InChI=1S/C16H25N3O2/c1-12-6-9-19(14(12)10-20)15(21)18-11-16(2,3)13-4-7-17-8-5-13/h4-5,7-8,12,14,20H,6,9-11H2,1-3H3,(H,18,21)/t12-,14+/m0/s1. The zero-order valence-electron chi connectivity index (χ0n) is 13.0. The topological polar surface area (TPSA) is 65.5 Å². The molecule has 1 aromatic rings. The van der Waals surface area contributed by atoms with E-state index < -0.39 is 0 Å². The molecule has 1 aromatic heterocycles. The summed E-state index contributed by atoms with van der Waals surface area (Å²) in [5.74, 6) is 0.356. The van der Waals surface area contributed by atoms with Crippen molar-refractivity contribution < 1.29 is 9.90 Å². The van der Waals surface area contributed by atoms with Gasteiger partial charge in [0.2, 0.25) is 0 Å². The number of nitrogens with one attached hydrogen (secondary N) is 1. The highest BCUT2D eigenvalue weighted by molar-refractivity contribution is 5.75. The van der Waals surface area contributed by atoms with Gasteiger partial charge in [-0.05, 0) is 30.0 Å². The molecule has 21 heavy (non-hydrogen) atoms. The minimum absolute atomic E-state index is 0.0301. The van der Waals surface area contributed by atoms with Gasteiger partial charge in [-0.15, -0.1) is 0 Å². The highest BCUT2D eigenvalue weighted by Gasteiger charge is 2.34. The van der Waals surface area contributed by atoms with Gasteiger partial charge in [0.15, 0.2) is 0 Å². The number of rotatable bonds is 4. The van der Waals surface area contributed by atoms with Gasteiger partial charge in [0.25, 0.3) is 0 Å². The van der Waals surface area contributed by atoms with Crippen LogP contribution in [-0.2, 0) is 5.41 Å². The lowest BCUT2D eigenvalue weighted by molar-refractivity contribution is 0.143. The quantitative estimate of drug-likeness (QED) is 0.888. The summed E-state index contributed by atoms with van der Waals surface area (Å²) in [6.45, 7) is 7.57. The van der Waals surface area contributed by atoms with E-state index in [2.05, 4.69) is 31.1 Å². The fraction of sp³-hybridized carbons (Fsp3) is 0.625. The Labute approximate surface area is 126 Å². The number of nitrogens with zero attached hydrogens (tertiary/aromatic N) is 2. The summed E-state index contributed by atoms with van der Waals surface area (Å²) >= 11 is 0. The molecule has 2 N–H and O–H groups in total. The Kier molecular flexibility index (Phi) is 4.83. The molecule has 2 atom stereocenters. The van der Waals surface area contributed by atoms with Gasteiger partial charge >= 0.3 is 6.03 Å². The molecule has 0 bridgehead atoms. The van der Waals surface area contributed by atoms with Crippen molar-refractivity contribution in [2.75, 3.05) is 19.7 Å². The normalized spacial score (nSPS) is 22.4. The Balaban J connectivity index is 1.95. The van der Waals surface area contributed by atoms with Crippen molar-refractivity contribution in [2.24, 2.45) is 5.92 Å². The lowest BCUT2D eigenvalue weighted by Crippen LogP contribution is -2.48. The van der Waals surface area contributed by atoms with Gasteiger partial charge in [-0.3, -0.25) is 4.98 Å². The van der Waals surface area contributed by atoms with Gasteiger partial charge in [0.1, 0.15) is 0 Å². The number of hydrogen-bond donors (Lipinski definition) is 2. The van der Waals surface area contributed by atoms with Gasteiger partial charge in [-0.25, -0.2) is 4.79 Å². The van der Waals surface area contributed by atoms with E-state index in [1.807, 2.05) is 12.1 Å². The largest absolute Gasteiger partial charge is 0.394 e. The van der Waals surface area contributed by atoms with E-state index in [0.29, 0.717) is 19.0 Å². The first-order chi connectivity index (χ1) is 9.95. The number of urea groups is 1. The van der Waals surface area contributed by atoms with Gasteiger partial charge in [0, 0.05) is 30.9 Å². The number of carbonyl (C=O) groups excluding carboxylic acids is 1. The van der Waals surface area contributed by atoms with E-state index in [0.717, 1.165) is 12.0 Å². The molecule has 116 valence electrons. The molecule has 2 amide bonds. The summed E-state index contributed by atoms with van der Waals surface area (Å²) in [7, 11) is 0. The molecule has 0 spiro atoms. The van der Waals surface area contributed by atoms with Crippen LogP contribution in [0.25, 0.3) is 0 Å². The number of aliphatic hydroxyl groups is 1. The summed E-state index contributed by atoms with van der Waals surface area (Å²) in [5.41, 5.74) is 0.991. The summed E-state index contributed by atoms with van der Waals surface area (Å²) in [5, 5.41) is 12.4. The van der Waals surface area contributed by atoms with Crippen LogP contribution in [0.5, 0.6) is 0 Å². The van der Waals surface area contributed by atoms with Crippen molar-refractivity contribution >= 4 is 6.03 Å². The average molecular weight is 291 g/mol. The van der Waals surface area contributed by atoms with E-state index in [9.17, 15) is 9.90 Å². The highest BCUT2D eigenvalue weighted by Crippen LogP contribution is 2.24.